The van der Waals surface area contributed by atoms with Crippen LogP contribution < -0.4 is 0 Å². The maximum absolute atomic E-state index is 12.9. The Labute approximate surface area is 155 Å². The second-order valence-electron chi connectivity index (χ2n) is 5.88. The Balaban J connectivity index is 1.74. The quantitative estimate of drug-likeness (QED) is 0.465. The molecule has 4 heterocycles. The molecule has 1 aliphatic heterocycles. The van der Waals surface area contributed by atoms with Crippen LogP contribution in [0.4, 0.5) is 5.69 Å². The number of nitrogens with zero attached hydrogens (tertiary/aromatic N) is 4. The van der Waals surface area contributed by atoms with Gasteiger partial charge in [-0.1, -0.05) is 0 Å². The number of thiophene rings is 1. The lowest BCUT2D eigenvalue weighted by Crippen LogP contribution is -2.38. The van der Waals surface area contributed by atoms with Crippen LogP contribution in [0.3, 0.4) is 0 Å². The molecule has 3 aromatic rings. The van der Waals surface area contributed by atoms with Gasteiger partial charge in [0.15, 0.2) is 5.69 Å². The third-order valence-corrected chi connectivity index (χ3v) is 5.90. The summed E-state index contributed by atoms with van der Waals surface area (Å²) in [5.74, 6) is -0.210. The van der Waals surface area contributed by atoms with Crippen molar-refractivity contribution in [3.8, 4) is 0 Å². The smallest absolute Gasteiger partial charge is 0.296 e. The summed E-state index contributed by atoms with van der Waals surface area (Å²) in [7, 11) is 0. The Kier molecular flexibility index (Phi) is 3.84. The Morgan fingerprint density at radius 2 is 2.28 bits per heavy atom. The summed E-state index contributed by atoms with van der Waals surface area (Å²) in [5.41, 5.74) is 1.60. The van der Waals surface area contributed by atoms with Gasteiger partial charge in [-0.2, -0.15) is 5.10 Å². The summed E-state index contributed by atoms with van der Waals surface area (Å²) in [5, 5.41) is 17.6. The number of hydrogen-bond donors (Lipinski definition) is 0. The summed E-state index contributed by atoms with van der Waals surface area (Å²) in [4.78, 5) is 26.8. The number of fused-ring (bicyclic) bond motifs is 2. The lowest BCUT2D eigenvalue weighted by Gasteiger charge is -2.33. The number of carbonyl (C=O) groups is 1. The van der Waals surface area contributed by atoms with Crippen molar-refractivity contribution >= 4 is 44.4 Å². The number of hydrogen-bond acceptors (Lipinski definition) is 5. The number of carbonyl (C=O) groups excluding carboxylic acids is 1. The summed E-state index contributed by atoms with van der Waals surface area (Å²) >= 11 is 4.95. The molecular formula is C16H13BrN4O3S. The molecule has 128 valence electrons. The highest BCUT2D eigenvalue weighted by Crippen LogP contribution is 2.34. The molecule has 1 aliphatic rings. The minimum atomic E-state index is -0.475. The number of amides is 1. The van der Waals surface area contributed by atoms with E-state index in [1.807, 2.05) is 12.3 Å². The van der Waals surface area contributed by atoms with Crippen molar-refractivity contribution in [1.82, 2.24) is 14.5 Å². The molecule has 25 heavy (non-hydrogen) atoms. The lowest BCUT2D eigenvalue weighted by molar-refractivity contribution is -0.383. The van der Waals surface area contributed by atoms with Crippen LogP contribution in [0.1, 0.15) is 33.9 Å². The summed E-state index contributed by atoms with van der Waals surface area (Å²) < 4.78 is 1.91. The SMILES string of the molecule is CC1c2ccsc2CCN1C(=O)c1cc2c([N+](=O)[O-])cc(Br)cn2n1. The first-order chi connectivity index (χ1) is 12.0. The van der Waals surface area contributed by atoms with Crippen LogP contribution in [0.2, 0.25) is 0 Å². The molecule has 0 aromatic carbocycles. The highest BCUT2D eigenvalue weighted by Gasteiger charge is 2.31. The normalized spacial score (nSPS) is 16.9. The van der Waals surface area contributed by atoms with Gasteiger partial charge >= 0.3 is 0 Å². The van der Waals surface area contributed by atoms with Crippen molar-refractivity contribution in [3.63, 3.8) is 0 Å². The van der Waals surface area contributed by atoms with Gasteiger partial charge in [0, 0.05) is 34.2 Å². The van der Waals surface area contributed by atoms with Gasteiger partial charge in [0.25, 0.3) is 11.6 Å². The zero-order chi connectivity index (χ0) is 17.7. The van der Waals surface area contributed by atoms with E-state index in [1.54, 1.807) is 22.4 Å². The second kappa shape index (κ2) is 5.92. The zero-order valence-electron chi connectivity index (χ0n) is 13.2. The Hall–Kier alpha value is -2.26. The molecular weight excluding hydrogens is 408 g/mol. The Morgan fingerprint density at radius 1 is 1.48 bits per heavy atom. The first kappa shape index (κ1) is 16.2. The molecule has 0 radical (unpaired) electrons. The second-order valence-corrected chi connectivity index (χ2v) is 7.80. The van der Waals surface area contributed by atoms with Crippen molar-refractivity contribution in [2.75, 3.05) is 6.54 Å². The Bertz CT molecular complexity index is 1010. The Morgan fingerprint density at radius 3 is 3.04 bits per heavy atom. The number of rotatable bonds is 2. The highest BCUT2D eigenvalue weighted by atomic mass is 79.9. The maximum atomic E-state index is 12.9. The van der Waals surface area contributed by atoms with Crippen LogP contribution in [0.15, 0.2) is 34.2 Å². The summed E-state index contributed by atoms with van der Waals surface area (Å²) in [6.07, 6.45) is 2.43. The van der Waals surface area contributed by atoms with Crippen LogP contribution in [-0.4, -0.2) is 31.9 Å². The number of pyridine rings is 1. The van der Waals surface area contributed by atoms with Crippen molar-refractivity contribution in [2.45, 2.75) is 19.4 Å². The average Bonchev–Trinajstić information content (AvgIpc) is 3.20. The van der Waals surface area contributed by atoms with E-state index in [9.17, 15) is 14.9 Å². The molecule has 1 amide bonds. The summed E-state index contributed by atoms with van der Waals surface area (Å²) in [6.45, 7) is 2.62. The van der Waals surface area contributed by atoms with E-state index in [1.165, 1.54) is 27.1 Å². The van der Waals surface area contributed by atoms with E-state index < -0.39 is 4.92 Å². The molecule has 3 aromatic heterocycles. The summed E-state index contributed by atoms with van der Waals surface area (Å²) in [6, 6.07) is 4.92. The van der Waals surface area contributed by atoms with E-state index in [0.717, 1.165) is 6.42 Å². The molecule has 1 atom stereocenters. The van der Waals surface area contributed by atoms with Crippen LogP contribution in [0.25, 0.3) is 5.52 Å². The molecule has 0 N–H and O–H groups in total. The van der Waals surface area contributed by atoms with Crippen LogP contribution in [-0.2, 0) is 6.42 Å². The van der Waals surface area contributed by atoms with Gasteiger partial charge in [-0.05, 0) is 46.3 Å². The van der Waals surface area contributed by atoms with Crippen LogP contribution >= 0.6 is 27.3 Å². The minimum absolute atomic E-state index is 0.0333. The van der Waals surface area contributed by atoms with Gasteiger partial charge in [0.05, 0.1) is 11.0 Å². The van der Waals surface area contributed by atoms with E-state index in [4.69, 9.17) is 0 Å². The average molecular weight is 421 g/mol. The molecule has 4 rings (SSSR count). The maximum Gasteiger partial charge on any atom is 0.296 e. The van der Waals surface area contributed by atoms with E-state index in [2.05, 4.69) is 27.1 Å². The van der Waals surface area contributed by atoms with Crippen LogP contribution in [0.5, 0.6) is 0 Å². The van der Waals surface area contributed by atoms with E-state index in [-0.39, 0.29) is 23.3 Å². The lowest BCUT2D eigenvalue weighted by atomic mass is 10.0. The van der Waals surface area contributed by atoms with Crippen molar-refractivity contribution < 1.29 is 9.72 Å². The van der Waals surface area contributed by atoms with Gasteiger partial charge < -0.3 is 4.90 Å². The van der Waals surface area contributed by atoms with Gasteiger partial charge in [0.2, 0.25) is 0 Å². The first-order valence-electron chi connectivity index (χ1n) is 7.66. The van der Waals surface area contributed by atoms with Crippen molar-refractivity contribution in [1.29, 1.82) is 0 Å². The fourth-order valence-electron chi connectivity index (χ4n) is 3.23. The topological polar surface area (TPSA) is 80.8 Å². The van der Waals surface area contributed by atoms with Gasteiger partial charge in [-0.15, -0.1) is 11.3 Å². The third kappa shape index (κ3) is 2.63. The molecule has 7 nitrogen and oxygen atoms in total. The molecule has 0 spiro atoms. The van der Waals surface area contributed by atoms with Crippen molar-refractivity contribution in [3.05, 3.63) is 60.5 Å². The highest BCUT2D eigenvalue weighted by molar-refractivity contribution is 9.10. The third-order valence-electron chi connectivity index (χ3n) is 4.47. The molecule has 9 heteroatoms. The molecule has 0 saturated carbocycles. The predicted molar refractivity (Wildman–Crippen MR) is 97.0 cm³/mol. The minimum Gasteiger partial charge on any atom is -0.330 e. The van der Waals surface area contributed by atoms with E-state index >= 15 is 0 Å². The fraction of sp³-hybridized carbons (Fsp3) is 0.250. The van der Waals surface area contributed by atoms with E-state index in [0.29, 0.717) is 16.5 Å². The predicted octanol–water partition coefficient (Wildman–Crippen LogP) is 3.83. The number of nitro groups is 1. The van der Waals surface area contributed by atoms with Gasteiger partial charge in [-0.25, -0.2) is 4.52 Å². The molecule has 0 saturated heterocycles. The zero-order valence-corrected chi connectivity index (χ0v) is 15.6. The molecule has 0 bridgehead atoms. The van der Waals surface area contributed by atoms with Gasteiger partial charge in [-0.3, -0.25) is 14.9 Å². The first-order valence-corrected chi connectivity index (χ1v) is 9.33. The van der Waals surface area contributed by atoms with Gasteiger partial charge in [0.1, 0.15) is 5.52 Å². The number of aromatic nitrogens is 2. The largest absolute Gasteiger partial charge is 0.330 e. The molecule has 1 unspecified atom stereocenters. The monoisotopic (exact) mass is 420 g/mol. The molecule has 0 aliphatic carbocycles. The number of halogens is 1. The van der Waals surface area contributed by atoms with Crippen LogP contribution in [0, 0.1) is 10.1 Å². The standard InChI is InChI=1S/C16H13BrN4O3S/c1-9-11-3-5-25-15(11)2-4-19(9)16(22)12-7-13-14(21(23)24)6-10(17)8-20(13)18-12/h3,5-9H,2,4H2,1H3. The molecule has 0 fully saturated rings. The fourth-order valence-corrected chi connectivity index (χ4v) is 4.60. The van der Waals surface area contributed by atoms with Crippen molar-refractivity contribution in [2.24, 2.45) is 0 Å².